The van der Waals surface area contributed by atoms with E-state index in [2.05, 4.69) is 55.4 Å². The van der Waals surface area contributed by atoms with Crippen molar-refractivity contribution in [2.45, 2.75) is 51.1 Å². The summed E-state index contributed by atoms with van der Waals surface area (Å²) in [7, 11) is 3.79. The fourth-order valence-corrected chi connectivity index (χ4v) is 3.65. The Balaban J connectivity index is 2.26. The van der Waals surface area contributed by atoms with E-state index in [4.69, 9.17) is 4.74 Å². The molecule has 2 rings (SSSR count). The first-order valence-corrected chi connectivity index (χ1v) is 8.22. The molecule has 0 saturated carbocycles. The van der Waals surface area contributed by atoms with Gasteiger partial charge in [-0.2, -0.15) is 0 Å². The Bertz CT molecular complexity index is 425. The van der Waals surface area contributed by atoms with Crippen LogP contribution in [-0.4, -0.2) is 37.7 Å². The molecule has 1 heterocycles. The third-order valence-corrected chi connectivity index (χ3v) is 5.15. The summed E-state index contributed by atoms with van der Waals surface area (Å²) >= 11 is 0. The molecule has 3 heteroatoms. The van der Waals surface area contributed by atoms with Gasteiger partial charge in [-0.15, -0.1) is 0 Å². The molecule has 1 aliphatic rings. The maximum Gasteiger partial charge on any atom is 0.118 e. The van der Waals surface area contributed by atoms with E-state index in [1.807, 2.05) is 0 Å². The summed E-state index contributed by atoms with van der Waals surface area (Å²) < 4.78 is 5.28. The predicted molar refractivity (Wildman–Crippen MR) is 88.9 cm³/mol. The van der Waals surface area contributed by atoms with Crippen molar-refractivity contribution < 1.29 is 4.74 Å². The zero-order chi connectivity index (χ0) is 15.3. The van der Waals surface area contributed by atoms with Gasteiger partial charge in [0, 0.05) is 5.54 Å². The van der Waals surface area contributed by atoms with Crippen molar-refractivity contribution in [1.82, 2.24) is 10.2 Å². The van der Waals surface area contributed by atoms with Gasteiger partial charge in [-0.25, -0.2) is 0 Å². The van der Waals surface area contributed by atoms with Crippen LogP contribution in [0.15, 0.2) is 24.3 Å². The van der Waals surface area contributed by atoms with Crippen LogP contribution in [0.3, 0.4) is 0 Å². The molecule has 1 fully saturated rings. The molecule has 0 bridgehead atoms. The number of ether oxygens (including phenoxy) is 1. The molecule has 3 nitrogen and oxygen atoms in total. The lowest BCUT2D eigenvalue weighted by molar-refractivity contribution is 0.0448. The van der Waals surface area contributed by atoms with Crippen molar-refractivity contribution in [2.75, 3.05) is 27.2 Å². The summed E-state index contributed by atoms with van der Waals surface area (Å²) in [5.74, 6) is 0.921. The third kappa shape index (κ3) is 3.41. The Labute approximate surface area is 129 Å². The van der Waals surface area contributed by atoms with Crippen LogP contribution < -0.4 is 10.1 Å². The SMILES string of the molecule is CCC(C)(C(NC)c1ccc(OC)cc1)N1CCCCC1. The molecule has 118 valence electrons. The first-order valence-electron chi connectivity index (χ1n) is 8.22. The van der Waals surface area contributed by atoms with Gasteiger partial charge in [-0.1, -0.05) is 25.5 Å². The van der Waals surface area contributed by atoms with Crippen molar-refractivity contribution >= 4 is 0 Å². The van der Waals surface area contributed by atoms with Crippen molar-refractivity contribution in [2.24, 2.45) is 0 Å². The molecule has 1 aliphatic heterocycles. The Morgan fingerprint density at radius 1 is 1.19 bits per heavy atom. The average Bonchev–Trinajstić information content (AvgIpc) is 2.56. The maximum absolute atomic E-state index is 5.28. The third-order valence-electron chi connectivity index (χ3n) is 5.15. The molecular weight excluding hydrogens is 260 g/mol. The molecular formula is C18H30N2O. The normalized spacial score (nSPS) is 20.8. The molecule has 0 aromatic heterocycles. The zero-order valence-electron chi connectivity index (χ0n) is 14.0. The Morgan fingerprint density at radius 3 is 2.29 bits per heavy atom. The van der Waals surface area contributed by atoms with Crippen LogP contribution in [0.1, 0.15) is 51.1 Å². The lowest BCUT2D eigenvalue weighted by Gasteiger charge is -2.48. The second kappa shape index (κ2) is 7.28. The van der Waals surface area contributed by atoms with Crippen LogP contribution in [0.4, 0.5) is 0 Å². The minimum Gasteiger partial charge on any atom is -0.497 e. The van der Waals surface area contributed by atoms with Gasteiger partial charge in [0.25, 0.3) is 0 Å². The highest BCUT2D eigenvalue weighted by molar-refractivity contribution is 5.31. The first-order chi connectivity index (χ1) is 10.2. The highest BCUT2D eigenvalue weighted by Crippen LogP contribution is 2.36. The molecule has 0 aliphatic carbocycles. The molecule has 1 N–H and O–H groups in total. The summed E-state index contributed by atoms with van der Waals surface area (Å²) in [5, 5.41) is 3.56. The van der Waals surface area contributed by atoms with E-state index < -0.39 is 0 Å². The fraction of sp³-hybridized carbons (Fsp3) is 0.667. The molecule has 0 amide bonds. The molecule has 0 radical (unpaired) electrons. The molecule has 21 heavy (non-hydrogen) atoms. The Morgan fingerprint density at radius 2 is 1.81 bits per heavy atom. The molecule has 0 spiro atoms. The van der Waals surface area contributed by atoms with E-state index >= 15 is 0 Å². The minimum absolute atomic E-state index is 0.157. The van der Waals surface area contributed by atoms with E-state index in [-0.39, 0.29) is 5.54 Å². The van der Waals surface area contributed by atoms with Crippen LogP contribution in [0.25, 0.3) is 0 Å². The second-order valence-corrected chi connectivity index (χ2v) is 6.25. The summed E-state index contributed by atoms with van der Waals surface area (Å²) in [6.45, 7) is 7.16. The van der Waals surface area contributed by atoms with Gasteiger partial charge in [-0.3, -0.25) is 4.90 Å². The van der Waals surface area contributed by atoms with Crippen LogP contribution in [0.5, 0.6) is 5.75 Å². The first kappa shape index (κ1) is 16.3. The average molecular weight is 290 g/mol. The largest absolute Gasteiger partial charge is 0.497 e. The standard InChI is InChI=1S/C18H30N2O/c1-5-18(2,20-13-7-6-8-14-20)17(19-3)15-9-11-16(21-4)12-10-15/h9-12,17,19H,5-8,13-14H2,1-4H3. The number of piperidine rings is 1. The second-order valence-electron chi connectivity index (χ2n) is 6.25. The van der Waals surface area contributed by atoms with Crippen molar-refractivity contribution in [3.63, 3.8) is 0 Å². The van der Waals surface area contributed by atoms with Gasteiger partial charge in [0.2, 0.25) is 0 Å². The lowest BCUT2D eigenvalue weighted by atomic mass is 9.82. The molecule has 2 unspecified atom stereocenters. The number of likely N-dealkylation sites (tertiary alicyclic amines) is 1. The highest BCUT2D eigenvalue weighted by Gasteiger charge is 2.38. The summed E-state index contributed by atoms with van der Waals surface area (Å²) in [4.78, 5) is 2.68. The lowest BCUT2D eigenvalue weighted by Crippen LogP contribution is -2.55. The number of rotatable bonds is 6. The molecule has 1 saturated heterocycles. The van der Waals surface area contributed by atoms with Gasteiger partial charge in [-0.05, 0) is 64.0 Å². The predicted octanol–water partition coefficient (Wildman–Crippen LogP) is 3.61. The van der Waals surface area contributed by atoms with Gasteiger partial charge in [0.05, 0.1) is 13.2 Å². The number of benzene rings is 1. The van der Waals surface area contributed by atoms with Gasteiger partial charge in [0.15, 0.2) is 0 Å². The summed E-state index contributed by atoms with van der Waals surface area (Å²) in [6.07, 6.45) is 5.18. The monoisotopic (exact) mass is 290 g/mol. The maximum atomic E-state index is 5.28. The smallest absolute Gasteiger partial charge is 0.118 e. The zero-order valence-corrected chi connectivity index (χ0v) is 14.0. The highest BCUT2D eigenvalue weighted by atomic mass is 16.5. The molecule has 2 atom stereocenters. The summed E-state index contributed by atoms with van der Waals surface area (Å²) in [5.41, 5.74) is 1.50. The Kier molecular flexibility index (Phi) is 5.65. The number of nitrogens with zero attached hydrogens (tertiary/aromatic N) is 1. The van der Waals surface area contributed by atoms with E-state index in [1.165, 1.54) is 37.9 Å². The van der Waals surface area contributed by atoms with Crippen LogP contribution in [0, 0.1) is 0 Å². The number of nitrogens with one attached hydrogen (secondary N) is 1. The number of methoxy groups -OCH3 is 1. The van der Waals surface area contributed by atoms with Crippen molar-refractivity contribution in [3.8, 4) is 5.75 Å². The van der Waals surface area contributed by atoms with Gasteiger partial charge < -0.3 is 10.1 Å². The van der Waals surface area contributed by atoms with Crippen LogP contribution in [-0.2, 0) is 0 Å². The number of likely N-dealkylation sites (N-methyl/N-ethyl adjacent to an activating group) is 1. The Hall–Kier alpha value is -1.06. The van der Waals surface area contributed by atoms with Crippen LogP contribution >= 0.6 is 0 Å². The number of hydrogen-bond acceptors (Lipinski definition) is 3. The van der Waals surface area contributed by atoms with Crippen molar-refractivity contribution in [3.05, 3.63) is 29.8 Å². The topological polar surface area (TPSA) is 24.5 Å². The molecule has 1 aromatic rings. The van der Waals surface area contributed by atoms with Gasteiger partial charge in [0.1, 0.15) is 5.75 Å². The van der Waals surface area contributed by atoms with Gasteiger partial charge >= 0.3 is 0 Å². The van der Waals surface area contributed by atoms with E-state index in [0.29, 0.717) is 6.04 Å². The number of hydrogen-bond donors (Lipinski definition) is 1. The fourth-order valence-electron chi connectivity index (χ4n) is 3.65. The van der Waals surface area contributed by atoms with E-state index in [1.54, 1.807) is 7.11 Å². The quantitative estimate of drug-likeness (QED) is 0.866. The minimum atomic E-state index is 0.157. The summed E-state index contributed by atoms with van der Waals surface area (Å²) in [6, 6.07) is 8.85. The van der Waals surface area contributed by atoms with E-state index in [9.17, 15) is 0 Å². The van der Waals surface area contributed by atoms with Crippen molar-refractivity contribution in [1.29, 1.82) is 0 Å². The molecule has 1 aromatic carbocycles. The van der Waals surface area contributed by atoms with Crippen LogP contribution in [0.2, 0.25) is 0 Å². The van der Waals surface area contributed by atoms with E-state index in [0.717, 1.165) is 12.2 Å².